The van der Waals surface area contributed by atoms with Crippen molar-refractivity contribution in [2.24, 2.45) is 0 Å². The Kier molecular flexibility index (Phi) is 3.69. The molecule has 1 rings (SSSR count). The van der Waals surface area contributed by atoms with Crippen molar-refractivity contribution in [3.05, 3.63) is 11.5 Å². The molecule has 0 aromatic heterocycles. The minimum atomic E-state index is 0.189. The average molecular weight is 211 g/mol. The standard InChI is InChI=1S/C13H25NO/c1-7-11-12(8-2)15-9-10(3)14(11)13(4,5)6/h10H,7-9H2,1-6H3/t10-/m0/s1. The number of allylic oxidation sites excluding steroid dienone is 2. The Morgan fingerprint density at radius 1 is 1.27 bits per heavy atom. The van der Waals surface area contributed by atoms with Crippen molar-refractivity contribution in [1.82, 2.24) is 4.90 Å². The fraction of sp³-hybridized carbons (Fsp3) is 0.846. The Bertz CT molecular complexity index is 250. The van der Waals surface area contributed by atoms with Gasteiger partial charge in [-0.2, -0.15) is 0 Å². The Labute approximate surface area is 94.3 Å². The lowest BCUT2D eigenvalue weighted by Gasteiger charge is -2.47. The van der Waals surface area contributed by atoms with E-state index >= 15 is 0 Å². The highest BCUT2D eigenvalue weighted by molar-refractivity contribution is 5.14. The zero-order valence-corrected chi connectivity index (χ0v) is 11.1. The van der Waals surface area contributed by atoms with Gasteiger partial charge in [-0.1, -0.05) is 13.8 Å². The summed E-state index contributed by atoms with van der Waals surface area (Å²) in [6.07, 6.45) is 2.06. The summed E-state index contributed by atoms with van der Waals surface area (Å²) in [6, 6.07) is 0.482. The Balaban J connectivity index is 3.08. The molecule has 0 spiro atoms. The molecule has 0 radical (unpaired) electrons. The molecule has 0 bridgehead atoms. The van der Waals surface area contributed by atoms with Gasteiger partial charge >= 0.3 is 0 Å². The highest BCUT2D eigenvalue weighted by Crippen LogP contribution is 2.32. The molecule has 0 fully saturated rings. The fourth-order valence-corrected chi connectivity index (χ4v) is 2.52. The molecule has 0 saturated heterocycles. The topological polar surface area (TPSA) is 12.5 Å². The van der Waals surface area contributed by atoms with Crippen LogP contribution in [0.2, 0.25) is 0 Å². The molecule has 15 heavy (non-hydrogen) atoms. The van der Waals surface area contributed by atoms with Crippen molar-refractivity contribution in [3.63, 3.8) is 0 Å². The van der Waals surface area contributed by atoms with E-state index in [2.05, 4.69) is 46.4 Å². The van der Waals surface area contributed by atoms with E-state index in [9.17, 15) is 0 Å². The van der Waals surface area contributed by atoms with Crippen molar-refractivity contribution >= 4 is 0 Å². The highest BCUT2D eigenvalue weighted by atomic mass is 16.5. The normalized spacial score (nSPS) is 23.1. The third-order valence-corrected chi connectivity index (χ3v) is 2.93. The second-order valence-corrected chi connectivity index (χ2v) is 5.28. The molecule has 0 N–H and O–H groups in total. The summed E-state index contributed by atoms with van der Waals surface area (Å²) < 4.78 is 5.81. The smallest absolute Gasteiger partial charge is 0.115 e. The first-order chi connectivity index (χ1) is 6.91. The van der Waals surface area contributed by atoms with Crippen LogP contribution in [-0.2, 0) is 4.74 Å². The largest absolute Gasteiger partial charge is 0.494 e. The number of hydrogen-bond acceptors (Lipinski definition) is 2. The second-order valence-electron chi connectivity index (χ2n) is 5.28. The molecular weight excluding hydrogens is 186 g/mol. The van der Waals surface area contributed by atoms with Crippen LogP contribution in [0.25, 0.3) is 0 Å². The minimum absolute atomic E-state index is 0.189. The summed E-state index contributed by atoms with van der Waals surface area (Å²) in [5, 5.41) is 0. The van der Waals surface area contributed by atoms with Crippen LogP contribution in [0.1, 0.15) is 54.4 Å². The predicted molar refractivity (Wildman–Crippen MR) is 64.6 cm³/mol. The first kappa shape index (κ1) is 12.4. The third kappa shape index (κ3) is 2.47. The van der Waals surface area contributed by atoms with Gasteiger partial charge in [-0.15, -0.1) is 0 Å². The van der Waals surface area contributed by atoms with Crippen LogP contribution in [0.5, 0.6) is 0 Å². The number of nitrogens with zero attached hydrogens (tertiary/aromatic N) is 1. The van der Waals surface area contributed by atoms with Crippen LogP contribution in [0.15, 0.2) is 11.5 Å². The lowest BCUT2D eigenvalue weighted by atomic mass is 9.99. The molecule has 0 saturated carbocycles. The van der Waals surface area contributed by atoms with Gasteiger partial charge in [0.15, 0.2) is 0 Å². The first-order valence-electron chi connectivity index (χ1n) is 6.06. The molecule has 1 aliphatic rings. The molecule has 2 heteroatoms. The van der Waals surface area contributed by atoms with Crippen molar-refractivity contribution < 1.29 is 4.74 Å². The fourth-order valence-electron chi connectivity index (χ4n) is 2.52. The number of hydrogen-bond donors (Lipinski definition) is 0. The summed E-state index contributed by atoms with van der Waals surface area (Å²) in [5.74, 6) is 1.19. The Hall–Kier alpha value is -0.660. The van der Waals surface area contributed by atoms with Gasteiger partial charge in [0, 0.05) is 12.0 Å². The van der Waals surface area contributed by atoms with E-state index in [0.717, 1.165) is 19.4 Å². The molecule has 1 aliphatic heterocycles. The van der Waals surface area contributed by atoms with E-state index in [1.165, 1.54) is 11.5 Å². The summed E-state index contributed by atoms with van der Waals surface area (Å²) in [6.45, 7) is 14.3. The van der Waals surface area contributed by atoms with Crippen LogP contribution in [-0.4, -0.2) is 23.1 Å². The number of rotatable bonds is 2. The van der Waals surface area contributed by atoms with Gasteiger partial charge in [-0.3, -0.25) is 0 Å². The maximum Gasteiger partial charge on any atom is 0.115 e. The molecule has 0 aromatic carbocycles. The molecule has 88 valence electrons. The molecular formula is C13H25NO. The van der Waals surface area contributed by atoms with Crippen molar-refractivity contribution in [3.8, 4) is 0 Å². The average Bonchev–Trinajstić information content (AvgIpc) is 2.15. The maximum absolute atomic E-state index is 5.81. The van der Waals surface area contributed by atoms with Gasteiger partial charge < -0.3 is 9.64 Å². The van der Waals surface area contributed by atoms with Gasteiger partial charge in [0.1, 0.15) is 12.4 Å². The first-order valence-corrected chi connectivity index (χ1v) is 6.06. The third-order valence-electron chi connectivity index (χ3n) is 2.93. The van der Waals surface area contributed by atoms with E-state index in [0.29, 0.717) is 6.04 Å². The lowest BCUT2D eigenvalue weighted by Crippen LogP contribution is -2.50. The molecule has 1 atom stereocenters. The van der Waals surface area contributed by atoms with Gasteiger partial charge in [-0.05, 0) is 34.1 Å². The van der Waals surface area contributed by atoms with E-state index < -0.39 is 0 Å². The van der Waals surface area contributed by atoms with Crippen LogP contribution in [0.4, 0.5) is 0 Å². The predicted octanol–water partition coefficient (Wildman–Crippen LogP) is 3.54. The highest BCUT2D eigenvalue weighted by Gasteiger charge is 2.32. The molecule has 1 heterocycles. The second kappa shape index (κ2) is 4.46. The monoisotopic (exact) mass is 211 g/mol. The van der Waals surface area contributed by atoms with Crippen LogP contribution in [0, 0.1) is 0 Å². The minimum Gasteiger partial charge on any atom is -0.494 e. The van der Waals surface area contributed by atoms with E-state index in [1.807, 2.05) is 0 Å². The Morgan fingerprint density at radius 2 is 1.87 bits per heavy atom. The summed E-state index contributed by atoms with van der Waals surface area (Å²) >= 11 is 0. The maximum atomic E-state index is 5.81. The summed E-state index contributed by atoms with van der Waals surface area (Å²) in [7, 11) is 0. The quantitative estimate of drug-likeness (QED) is 0.692. The summed E-state index contributed by atoms with van der Waals surface area (Å²) in [5.41, 5.74) is 1.58. The van der Waals surface area contributed by atoms with Gasteiger partial charge in [-0.25, -0.2) is 0 Å². The van der Waals surface area contributed by atoms with Crippen molar-refractivity contribution in [2.45, 2.75) is 66.0 Å². The van der Waals surface area contributed by atoms with Crippen LogP contribution in [0.3, 0.4) is 0 Å². The lowest BCUT2D eigenvalue weighted by molar-refractivity contribution is 0.0272. The van der Waals surface area contributed by atoms with Gasteiger partial charge in [0.25, 0.3) is 0 Å². The summed E-state index contributed by atoms with van der Waals surface area (Å²) in [4.78, 5) is 2.52. The van der Waals surface area contributed by atoms with Crippen molar-refractivity contribution in [2.75, 3.05) is 6.61 Å². The number of ether oxygens (including phenoxy) is 1. The molecule has 0 aliphatic carbocycles. The van der Waals surface area contributed by atoms with E-state index in [1.54, 1.807) is 0 Å². The SMILES string of the molecule is CCC1=C(CC)N(C(C)(C)C)[C@@H](C)CO1. The van der Waals surface area contributed by atoms with E-state index in [-0.39, 0.29) is 5.54 Å². The molecule has 0 amide bonds. The van der Waals surface area contributed by atoms with E-state index in [4.69, 9.17) is 4.74 Å². The molecule has 0 aromatic rings. The van der Waals surface area contributed by atoms with Crippen LogP contribution >= 0.6 is 0 Å². The zero-order chi connectivity index (χ0) is 11.6. The zero-order valence-electron chi connectivity index (χ0n) is 11.1. The van der Waals surface area contributed by atoms with Gasteiger partial charge in [0.2, 0.25) is 0 Å². The molecule has 2 nitrogen and oxygen atoms in total. The molecule has 0 unspecified atom stereocenters. The van der Waals surface area contributed by atoms with Gasteiger partial charge in [0.05, 0.1) is 11.7 Å². The Morgan fingerprint density at radius 3 is 2.27 bits per heavy atom. The van der Waals surface area contributed by atoms with Crippen molar-refractivity contribution in [1.29, 1.82) is 0 Å². The van der Waals surface area contributed by atoms with Crippen LogP contribution < -0.4 is 0 Å².